The summed E-state index contributed by atoms with van der Waals surface area (Å²) in [5.41, 5.74) is 0.268. The van der Waals surface area contributed by atoms with Gasteiger partial charge in [0.1, 0.15) is 5.69 Å². The maximum Gasteiger partial charge on any atom is 0.354 e. The van der Waals surface area contributed by atoms with Crippen LogP contribution in [0.1, 0.15) is 27.8 Å². The number of pyridine rings is 1. The summed E-state index contributed by atoms with van der Waals surface area (Å²) in [6, 6.07) is 2.70. The quantitative estimate of drug-likeness (QED) is 0.841. The number of carboxylic acids is 1. The van der Waals surface area contributed by atoms with Crippen LogP contribution in [-0.4, -0.2) is 53.7 Å². The Morgan fingerprint density at radius 3 is 2.61 bits per heavy atom. The van der Waals surface area contributed by atoms with Crippen molar-refractivity contribution in [1.29, 1.82) is 0 Å². The van der Waals surface area contributed by atoms with E-state index >= 15 is 0 Å². The fourth-order valence-corrected chi connectivity index (χ4v) is 1.40. The highest BCUT2D eigenvalue weighted by molar-refractivity contribution is 5.94. The first-order chi connectivity index (χ1) is 8.47. The Labute approximate surface area is 105 Å². The minimum atomic E-state index is -1.12. The molecule has 0 aliphatic carbocycles. The zero-order chi connectivity index (χ0) is 13.7. The minimum absolute atomic E-state index is 0.0679. The number of hydrogen-bond donors (Lipinski definition) is 1. The highest BCUT2D eigenvalue weighted by Gasteiger charge is 2.18. The Kier molecular flexibility index (Phi) is 4.79. The molecule has 6 nitrogen and oxygen atoms in total. The van der Waals surface area contributed by atoms with Gasteiger partial charge < -0.3 is 14.7 Å². The third kappa shape index (κ3) is 3.27. The molecule has 0 bridgehead atoms. The number of hydrogen-bond acceptors (Lipinski definition) is 4. The van der Waals surface area contributed by atoms with Gasteiger partial charge in [0.15, 0.2) is 0 Å². The molecule has 0 aliphatic heterocycles. The molecule has 98 valence electrons. The van der Waals surface area contributed by atoms with Crippen molar-refractivity contribution >= 4 is 11.9 Å². The molecule has 0 aliphatic rings. The standard InChI is InChI=1S/C12H16N2O4/c1-8(7-18-3)14(2)11(15)9-4-5-10(12(16)17)13-6-9/h4-6,8H,7H2,1-3H3,(H,16,17). The summed E-state index contributed by atoms with van der Waals surface area (Å²) in [6.07, 6.45) is 1.27. The van der Waals surface area contributed by atoms with Crippen molar-refractivity contribution < 1.29 is 19.4 Å². The predicted octanol–water partition coefficient (Wildman–Crippen LogP) is 0.887. The second kappa shape index (κ2) is 6.11. The fraction of sp³-hybridized carbons (Fsp3) is 0.417. The van der Waals surface area contributed by atoms with Crippen molar-refractivity contribution in [2.75, 3.05) is 20.8 Å². The lowest BCUT2D eigenvalue weighted by molar-refractivity contribution is 0.0630. The summed E-state index contributed by atoms with van der Waals surface area (Å²) in [4.78, 5) is 27.9. The summed E-state index contributed by atoms with van der Waals surface area (Å²) in [6.45, 7) is 2.29. The first kappa shape index (κ1) is 14.1. The second-order valence-electron chi connectivity index (χ2n) is 3.96. The van der Waals surface area contributed by atoms with Gasteiger partial charge in [0.2, 0.25) is 0 Å². The van der Waals surface area contributed by atoms with Gasteiger partial charge in [-0.25, -0.2) is 9.78 Å². The summed E-state index contributed by atoms with van der Waals surface area (Å²) >= 11 is 0. The molecule has 0 aromatic carbocycles. The smallest absolute Gasteiger partial charge is 0.354 e. The van der Waals surface area contributed by atoms with E-state index in [1.807, 2.05) is 6.92 Å². The maximum atomic E-state index is 12.0. The van der Waals surface area contributed by atoms with Gasteiger partial charge in [-0.1, -0.05) is 0 Å². The first-order valence-electron chi connectivity index (χ1n) is 5.42. The fourth-order valence-electron chi connectivity index (χ4n) is 1.40. The normalized spacial score (nSPS) is 11.9. The van der Waals surface area contributed by atoms with E-state index in [0.29, 0.717) is 12.2 Å². The van der Waals surface area contributed by atoms with Gasteiger partial charge in [0.25, 0.3) is 5.91 Å². The van der Waals surface area contributed by atoms with E-state index in [-0.39, 0.29) is 17.6 Å². The molecule has 1 atom stereocenters. The van der Waals surface area contributed by atoms with Gasteiger partial charge in [-0.15, -0.1) is 0 Å². The summed E-state index contributed by atoms with van der Waals surface area (Å²) in [7, 11) is 3.23. The van der Waals surface area contributed by atoms with Gasteiger partial charge in [0.05, 0.1) is 18.2 Å². The Morgan fingerprint density at radius 2 is 2.17 bits per heavy atom. The molecule has 1 N–H and O–H groups in total. The van der Waals surface area contributed by atoms with Crippen LogP contribution < -0.4 is 0 Å². The van der Waals surface area contributed by atoms with Crippen molar-refractivity contribution in [3.63, 3.8) is 0 Å². The topological polar surface area (TPSA) is 79.7 Å². The lowest BCUT2D eigenvalue weighted by atomic mass is 10.2. The van der Waals surface area contributed by atoms with E-state index in [0.717, 1.165) is 0 Å². The molecule has 0 saturated heterocycles. The molecule has 1 amide bonds. The van der Waals surface area contributed by atoms with Gasteiger partial charge in [-0.2, -0.15) is 0 Å². The van der Waals surface area contributed by atoms with Crippen molar-refractivity contribution in [3.8, 4) is 0 Å². The summed E-state index contributed by atoms with van der Waals surface area (Å²) in [5.74, 6) is -1.33. The predicted molar refractivity (Wildman–Crippen MR) is 64.6 cm³/mol. The SMILES string of the molecule is COCC(C)N(C)C(=O)c1ccc(C(=O)O)nc1. The zero-order valence-corrected chi connectivity index (χ0v) is 10.6. The zero-order valence-electron chi connectivity index (χ0n) is 10.6. The molecule has 6 heteroatoms. The number of ether oxygens (including phenoxy) is 1. The van der Waals surface area contributed by atoms with Crippen LogP contribution in [-0.2, 0) is 4.74 Å². The number of carbonyl (C=O) groups excluding carboxylic acids is 1. The van der Waals surface area contributed by atoms with Crippen molar-refractivity contribution in [2.45, 2.75) is 13.0 Å². The molecule has 1 heterocycles. The second-order valence-corrected chi connectivity index (χ2v) is 3.96. The van der Waals surface area contributed by atoms with Crippen molar-refractivity contribution in [3.05, 3.63) is 29.6 Å². The highest BCUT2D eigenvalue weighted by Crippen LogP contribution is 2.07. The molecule has 0 radical (unpaired) electrons. The number of amides is 1. The number of nitrogens with zero attached hydrogens (tertiary/aromatic N) is 2. The van der Waals surface area contributed by atoms with Gasteiger partial charge in [-0.05, 0) is 19.1 Å². The van der Waals surface area contributed by atoms with Gasteiger partial charge >= 0.3 is 5.97 Å². The summed E-state index contributed by atoms with van der Waals surface area (Å²) < 4.78 is 4.97. The van der Waals surface area contributed by atoms with Gasteiger partial charge in [0, 0.05) is 20.4 Å². The average Bonchev–Trinajstić information content (AvgIpc) is 2.37. The third-order valence-corrected chi connectivity index (χ3v) is 2.62. The molecule has 18 heavy (non-hydrogen) atoms. The lowest BCUT2D eigenvalue weighted by Gasteiger charge is -2.24. The molecule has 1 aromatic rings. The molecular formula is C12H16N2O4. The van der Waals surface area contributed by atoms with E-state index < -0.39 is 5.97 Å². The van der Waals surface area contributed by atoms with Crippen LogP contribution in [0.4, 0.5) is 0 Å². The molecule has 0 fully saturated rings. The van der Waals surface area contributed by atoms with Crippen molar-refractivity contribution in [2.24, 2.45) is 0 Å². The van der Waals surface area contributed by atoms with E-state index in [9.17, 15) is 9.59 Å². The first-order valence-corrected chi connectivity index (χ1v) is 5.42. The molecule has 1 rings (SSSR count). The largest absolute Gasteiger partial charge is 0.477 e. The lowest BCUT2D eigenvalue weighted by Crippen LogP contribution is -2.37. The molecule has 0 spiro atoms. The Hall–Kier alpha value is -1.95. The molecule has 0 saturated carbocycles. The number of carbonyl (C=O) groups is 2. The molecular weight excluding hydrogens is 236 g/mol. The third-order valence-electron chi connectivity index (χ3n) is 2.62. The number of methoxy groups -OCH3 is 1. The van der Waals surface area contributed by atoms with Crippen LogP contribution in [0.2, 0.25) is 0 Å². The number of likely N-dealkylation sites (N-methyl/N-ethyl adjacent to an activating group) is 1. The van der Waals surface area contributed by atoms with Crippen LogP contribution in [0, 0.1) is 0 Å². The van der Waals surface area contributed by atoms with Crippen LogP contribution in [0.5, 0.6) is 0 Å². The monoisotopic (exact) mass is 252 g/mol. The van der Waals surface area contributed by atoms with Crippen LogP contribution >= 0.6 is 0 Å². The highest BCUT2D eigenvalue weighted by atomic mass is 16.5. The average molecular weight is 252 g/mol. The minimum Gasteiger partial charge on any atom is -0.477 e. The van der Waals surface area contributed by atoms with E-state index in [1.165, 1.54) is 23.2 Å². The summed E-state index contributed by atoms with van der Waals surface area (Å²) in [5, 5.41) is 8.71. The van der Waals surface area contributed by atoms with Gasteiger partial charge in [-0.3, -0.25) is 4.79 Å². The Bertz CT molecular complexity index is 430. The number of aromatic nitrogens is 1. The number of rotatable bonds is 5. The molecule has 1 unspecified atom stereocenters. The van der Waals surface area contributed by atoms with E-state index in [4.69, 9.17) is 9.84 Å². The maximum absolute atomic E-state index is 12.0. The number of carboxylic acid groups (broad SMARTS) is 1. The van der Waals surface area contributed by atoms with Crippen LogP contribution in [0.25, 0.3) is 0 Å². The van der Waals surface area contributed by atoms with Crippen LogP contribution in [0.15, 0.2) is 18.3 Å². The van der Waals surface area contributed by atoms with E-state index in [1.54, 1.807) is 14.2 Å². The Morgan fingerprint density at radius 1 is 1.50 bits per heavy atom. The molecule has 1 aromatic heterocycles. The Balaban J connectivity index is 2.80. The van der Waals surface area contributed by atoms with Crippen LogP contribution in [0.3, 0.4) is 0 Å². The van der Waals surface area contributed by atoms with Crippen molar-refractivity contribution in [1.82, 2.24) is 9.88 Å². The van der Waals surface area contributed by atoms with E-state index in [2.05, 4.69) is 4.98 Å². The number of aromatic carboxylic acids is 1.